The first-order chi connectivity index (χ1) is 56.6. The molecule has 0 N–H and O–H groups in total. The number of aryl methyl sites for hydroxylation is 8. The lowest BCUT2D eigenvalue weighted by Crippen LogP contribution is -2.16. The molecule has 0 spiro atoms. The molecule has 20 aromatic rings. The topological polar surface area (TPSA) is 64.7 Å². The number of furan rings is 1. The first-order valence-corrected chi connectivity index (χ1v) is 50.0. The summed E-state index contributed by atoms with van der Waals surface area (Å²) in [7, 11) is 0. The van der Waals surface area contributed by atoms with E-state index >= 15 is 4.39 Å². The first kappa shape index (κ1) is 74.7. The van der Waals surface area contributed by atoms with E-state index in [0.717, 1.165) is 44.5 Å². The summed E-state index contributed by atoms with van der Waals surface area (Å²) in [4.78, 5) is 19.9. The smallest absolute Gasteiger partial charge is 0.170 e. The maximum Gasteiger partial charge on any atom is 0.170 e. The van der Waals surface area contributed by atoms with E-state index in [-0.39, 0.29) is 43.6 Å². The van der Waals surface area contributed by atoms with Crippen LogP contribution in [0.3, 0.4) is 0 Å². The van der Waals surface area contributed by atoms with Crippen molar-refractivity contribution in [1.82, 2.24) is 17.5 Å². The average molecular weight is 1770 g/mol. The van der Waals surface area contributed by atoms with Crippen molar-refractivity contribution in [3.8, 4) is 92.1 Å². The molecule has 0 amide bonds. The molecule has 119 heavy (non-hydrogen) atoms. The van der Waals surface area contributed by atoms with E-state index in [0.29, 0.717) is 15.9 Å². The van der Waals surface area contributed by atoms with E-state index in [1.165, 1.54) is 237 Å². The molecule has 6 aliphatic carbocycles. The molecule has 590 valence electrons. The van der Waals surface area contributed by atoms with Gasteiger partial charge < -0.3 is 4.42 Å². The van der Waals surface area contributed by atoms with Gasteiger partial charge in [0.2, 0.25) is 0 Å². The summed E-state index contributed by atoms with van der Waals surface area (Å²) < 4.78 is 61.9. The second-order valence-electron chi connectivity index (χ2n) is 37.0. The molecule has 13 aromatic heterocycles. The van der Waals surface area contributed by atoms with Crippen LogP contribution in [0.25, 0.3) is 176 Å². The van der Waals surface area contributed by atoms with E-state index in [4.69, 9.17) is 4.42 Å². The number of nitrogens with zero attached hydrogens (tertiary/aromatic N) is 4. The van der Waals surface area contributed by atoms with Crippen molar-refractivity contribution in [2.24, 2.45) is 0 Å². The van der Waals surface area contributed by atoms with Gasteiger partial charge in [-0.3, -0.25) is 0 Å². The molecule has 13 heterocycles. The number of thiophene rings is 10. The van der Waals surface area contributed by atoms with Crippen LogP contribution in [0.5, 0.6) is 0 Å². The van der Waals surface area contributed by atoms with E-state index in [9.17, 15) is 4.39 Å². The molecule has 0 unspecified atom stereocenters. The van der Waals surface area contributed by atoms with Crippen LogP contribution in [0.4, 0.5) is 8.78 Å². The third kappa shape index (κ3) is 9.61. The highest BCUT2D eigenvalue weighted by atomic mass is 32.1. The highest BCUT2D eigenvalue weighted by Gasteiger charge is 2.51. The van der Waals surface area contributed by atoms with Gasteiger partial charge in [-0.1, -0.05) is 155 Å². The van der Waals surface area contributed by atoms with Gasteiger partial charge in [0.15, 0.2) is 23.0 Å². The Labute approximate surface area is 736 Å². The minimum Gasteiger partial charge on any atom is -0.454 e. The van der Waals surface area contributed by atoms with Crippen LogP contribution < -0.4 is 0 Å². The number of hydrogen-bond donors (Lipinski definition) is 0. The normalized spacial score (nSPS) is 16.2. The van der Waals surface area contributed by atoms with Gasteiger partial charge in [-0.25, -0.2) is 8.78 Å². The van der Waals surface area contributed by atoms with Crippen LogP contribution in [0, 0.1) is 67.0 Å². The molecule has 0 atom stereocenters. The molecule has 7 aromatic carbocycles. The summed E-state index contributed by atoms with van der Waals surface area (Å²) >= 11 is 21.3. The third-order valence-electron chi connectivity index (χ3n) is 27.8. The predicted octanol–water partition coefficient (Wildman–Crippen LogP) is 33.8. The summed E-state index contributed by atoms with van der Waals surface area (Å²) in [6.45, 7) is 45.5. The zero-order chi connectivity index (χ0) is 82.1. The van der Waals surface area contributed by atoms with Crippen molar-refractivity contribution in [1.29, 1.82) is 0 Å². The molecule has 5 nitrogen and oxygen atoms in total. The number of benzene rings is 7. The van der Waals surface area contributed by atoms with Gasteiger partial charge in [0.25, 0.3) is 0 Å². The van der Waals surface area contributed by atoms with Crippen molar-refractivity contribution in [3.63, 3.8) is 0 Å². The fourth-order valence-electron chi connectivity index (χ4n) is 21.6. The first-order valence-electron chi connectivity index (χ1n) is 40.4. The van der Waals surface area contributed by atoms with E-state index in [1.54, 1.807) is 40.7 Å². The molecule has 26 rings (SSSR count). The number of rotatable bonds is 3. The molecule has 0 radical (unpaired) electrons. The zero-order valence-electron chi connectivity index (χ0n) is 69.2. The Morgan fingerprint density at radius 3 is 1.46 bits per heavy atom. The standard InChI is InChI=1S/C40H34S3.C32H24N2S5.C28H20F2N2OS4/c1-19-9-11-24-25-12-10-23(17-29(25)22(4)21(3)28(24)15-19)32-18-31-37(42-32)38-34(40(31,7)8)27-14-13-26-33(36(27)43-38)39(5,6)30-16-20(2)41-35(26)30;1-13-7-8-15(25-24(13)33-39-34-25)19-12-18-28(36-19)30-22(31(18,3)4)17-10-9-16-21(26(17)38-30)32(5,6)23-27(16)37-20-11-14(2)35-29(20)23;1-9-7-11-23(34-9)21-15(27(11,3)4)25-22(33-21)16-26(36-25)24-12(28(16,5)6)8-13(35-24)14-18(30)17(29)10(2)19-20(14)32-37-31-19/h9-18H,1-8H3;7-12H,1-6H3;7-8H,1-6H3. The Kier molecular flexibility index (Phi) is 15.3. The van der Waals surface area contributed by atoms with Crippen LogP contribution in [0.2, 0.25) is 0 Å². The Morgan fingerprint density at radius 2 is 0.790 bits per heavy atom. The third-order valence-corrected chi connectivity index (χ3v) is 41.0. The predicted molar refractivity (Wildman–Crippen MR) is 517 cm³/mol. The molecular weight excluding hydrogens is 1700 g/mol. The van der Waals surface area contributed by atoms with Gasteiger partial charge in [-0.05, 0) is 219 Å². The minimum absolute atomic E-state index is 0.00296. The summed E-state index contributed by atoms with van der Waals surface area (Å²) in [6, 6.07) is 42.3. The average Bonchev–Trinajstić information content (AvgIpc) is 1.52. The molecular formula is C100H78F2N4OS12. The summed E-state index contributed by atoms with van der Waals surface area (Å²) in [5, 5.41) is 8.40. The zero-order valence-corrected chi connectivity index (χ0v) is 79.0. The molecule has 0 bridgehead atoms. The van der Waals surface area contributed by atoms with Crippen molar-refractivity contribution in [2.75, 3.05) is 0 Å². The van der Waals surface area contributed by atoms with E-state index < -0.39 is 11.6 Å². The lowest BCUT2D eigenvalue weighted by molar-refractivity contribution is 0.508. The van der Waals surface area contributed by atoms with Crippen molar-refractivity contribution < 1.29 is 13.2 Å². The van der Waals surface area contributed by atoms with Crippen LogP contribution in [-0.2, 0) is 32.5 Å². The SMILES string of the molecule is Cc1cc2c(s1)-c1oc3c4c(sc3c1C2(C)C)-c1sc(-c2c(F)c(F)c(C)c3nsnc23)cc1C4(C)C.Cc1cc2sc3c(c2s1)C(C)(C)c1c-3ccc2c3c(sc12)-c1sc(-c2ccc(C)c4nsnc24)cc1C3(C)C.Cc1ccc2c(c1)c(C)c(C)c1cc(-c3cc4c(s3)-c3sc5c6c(ccc5c3C4(C)C)-c3sc(C)cc3C6(C)C)ccc12. The van der Waals surface area contributed by atoms with Crippen LogP contribution in [-0.4, -0.2) is 17.5 Å². The van der Waals surface area contributed by atoms with Gasteiger partial charge in [0.05, 0.1) is 48.2 Å². The largest absolute Gasteiger partial charge is 0.454 e. The fraction of sp³-hybridized carbons (Fsp3) is 0.260. The van der Waals surface area contributed by atoms with Crippen molar-refractivity contribution >= 4 is 220 Å². The summed E-state index contributed by atoms with van der Waals surface area (Å²) in [5.41, 5.74) is 31.7. The Morgan fingerprint density at radius 1 is 0.303 bits per heavy atom. The number of hydrogen-bond acceptors (Lipinski definition) is 17. The number of fused-ring (bicyclic) bond motifs is 34. The lowest BCUT2D eigenvalue weighted by Gasteiger charge is -2.23. The Hall–Kier alpha value is -8.12. The maximum absolute atomic E-state index is 15.3. The monoisotopic (exact) mass is 1770 g/mol. The fourth-order valence-corrected chi connectivity index (χ4v) is 37.5. The lowest BCUT2D eigenvalue weighted by atomic mass is 9.79. The minimum atomic E-state index is -0.850. The molecule has 0 saturated heterocycles. The van der Waals surface area contributed by atoms with Gasteiger partial charge >= 0.3 is 0 Å². The molecule has 0 fully saturated rings. The van der Waals surface area contributed by atoms with Gasteiger partial charge in [-0.15, -0.1) is 113 Å². The summed E-state index contributed by atoms with van der Waals surface area (Å²) in [5.74, 6) is -0.682. The Bertz CT molecular complexity index is 8080. The van der Waals surface area contributed by atoms with Crippen LogP contribution in [0.1, 0.15) is 192 Å². The molecule has 0 aliphatic heterocycles. The van der Waals surface area contributed by atoms with E-state index in [1.807, 2.05) is 74.1 Å². The molecule has 0 saturated carbocycles. The van der Waals surface area contributed by atoms with Crippen molar-refractivity contribution in [3.05, 3.63) is 230 Å². The van der Waals surface area contributed by atoms with Crippen LogP contribution in [0.15, 0.2) is 114 Å². The second kappa shape index (κ2) is 24.4. The quantitative estimate of drug-likeness (QED) is 0.165. The van der Waals surface area contributed by atoms with Gasteiger partial charge in [-0.2, -0.15) is 17.5 Å². The molecule has 19 heteroatoms. The highest BCUT2D eigenvalue weighted by Crippen LogP contribution is 2.69. The number of halogens is 2. The van der Waals surface area contributed by atoms with Crippen LogP contribution >= 0.6 is 137 Å². The Balaban J connectivity index is 0.000000102. The second-order valence-corrected chi connectivity index (χ2v) is 49.1. The van der Waals surface area contributed by atoms with E-state index in [2.05, 4.69) is 264 Å². The van der Waals surface area contributed by atoms with Gasteiger partial charge in [0.1, 0.15) is 22.1 Å². The maximum atomic E-state index is 15.3. The highest BCUT2D eigenvalue weighted by molar-refractivity contribution is 7.31. The van der Waals surface area contributed by atoms with Crippen molar-refractivity contribution in [2.45, 2.75) is 171 Å². The van der Waals surface area contributed by atoms with Gasteiger partial charge in [0, 0.05) is 132 Å². The molecule has 6 aliphatic rings. The summed E-state index contributed by atoms with van der Waals surface area (Å²) in [6.07, 6.45) is 0. The number of aromatic nitrogens is 4.